The summed E-state index contributed by atoms with van der Waals surface area (Å²) in [5.41, 5.74) is 3.54. The van der Waals surface area contributed by atoms with Crippen LogP contribution in [0.4, 0.5) is 5.82 Å². The molecule has 3 N–H and O–H groups in total. The first kappa shape index (κ1) is 19.3. The molecule has 3 rings (SSSR count). The fourth-order valence-corrected chi connectivity index (χ4v) is 3.48. The molecule has 0 fully saturated rings. The van der Waals surface area contributed by atoms with Crippen molar-refractivity contribution in [2.24, 2.45) is 0 Å². The maximum Gasteiger partial charge on any atom is 0.127 e. The van der Waals surface area contributed by atoms with E-state index in [9.17, 15) is 5.11 Å². The van der Waals surface area contributed by atoms with Crippen LogP contribution in [0.15, 0.2) is 65.6 Å². The molecule has 0 spiro atoms. The smallest absolute Gasteiger partial charge is 0.127 e. The Morgan fingerprint density at radius 1 is 1.00 bits per heavy atom. The molecule has 0 bridgehead atoms. The molecule has 1 aromatic heterocycles. The summed E-state index contributed by atoms with van der Waals surface area (Å²) in [6, 6.07) is 19.7. The molecule has 0 aliphatic rings. The first-order chi connectivity index (χ1) is 13.2. The molecule has 0 aliphatic carbocycles. The van der Waals surface area contributed by atoms with Gasteiger partial charge in [-0.25, -0.2) is 4.98 Å². The van der Waals surface area contributed by atoms with Gasteiger partial charge in [0.1, 0.15) is 11.6 Å². The number of nitrogens with one attached hydrogen (secondary N) is 1. The number of pyridine rings is 1. The third kappa shape index (κ3) is 5.02. The summed E-state index contributed by atoms with van der Waals surface area (Å²) in [6.07, 6.45) is 0.654. The summed E-state index contributed by atoms with van der Waals surface area (Å²) in [6.45, 7) is 2.92. The van der Waals surface area contributed by atoms with E-state index in [0.29, 0.717) is 24.2 Å². The van der Waals surface area contributed by atoms with Crippen LogP contribution in [0.5, 0.6) is 5.75 Å². The molecule has 27 heavy (non-hydrogen) atoms. The second kappa shape index (κ2) is 9.44. The van der Waals surface area contributed by atoms with Crippen LogP contribution in [0.2, 0.25) is 0 Å². The van der Waals surface area contributed by atoms with Gasteiger partial charge in [0, 0.05) is 23.6 Å². The standard InChI is InChI=1S/C22H24N2O2S/c1-2-27-18-10-8-16(9-11-18)17-14-20(19-6-3-4-7-21(19)26)24-22(15-17)23-12-5-13-25/h3-4,6-11,14-15,25-26H,2,5,12-13H2,1H3,(H,23,24). The Morgan fingerprint density at radius 3 is 2.48 bits per heavy atom. The summed E-state index contributed by atoms with van der Waals surface area (Å²) in [7, 11) is 0. The molecule has 1 heterocycles. The molecule has 0 atom stereocenters. The number of phenolic OH excluding ortho intramolecular Hbond substituents is 1. The van der Waals surface area contributed by atoms with Crippen molar-refractivity contribution in [2.45, 2.75) is 18.2 Å². The molecule has 0 amide bonds. The maximum absolute atomic E-state index is 10.2. The van der Waals surface area contributed by atoms with Gasteiger partial charge >= 0.3 is 0 Å². The van der Waals surface area contributed by atoms with E-state index in [1.54, 1.807) is 12.1 Å². The van der Waals surface area contributed by atoms with Crippen LogP contribution < -0.4 is 5.32 Å². The zero-order valence-corrected chi connectivity index (χ0v) is 16.2. The average molecular weight is 381 g/mol. The largest absolute Gasteiger partial charge is 0.507 e. The first-order valence-electron chi connectivity index (χ1n) is 9.09. The monoisotopic (exact) mass is 380 g/mol. The molecule has 0 saturated carbocycles. The van der Waals surface area contributed by atoms with Crippen molar-refractivity contribution in [2.75, 3.05) is 24.2 Å². The maximum atomic E-state index is 10.2. The number of hydrogen-bond donors (Lipinski definition) is 3. The molecule has 3 aromatic rings. The minimum absolute atomic E-state index is 0.135. The molecule has 140 valence electrons. The van der Waals surface area contributed by atoms with E-state index in [-0.39, 0.29) is 12.4 Å². The molecule has 4 nitrogen and oxygen atoms in total. The minimum atomic E-state index is 0.135. The number of benzene rings is 2. The van der Waals surface area contributed by atoms with Gasteiger partial charge in [0.25, 0.3) is 0 Å². The van der Waals surface area contributed by atoms with E-state index in [1.807, 2.05) is 36.0 Å². The van der Waals surface area contributed by atoms with Gasteiger partial charge in [-0.1, -0.05) is 31.2 Å². The zero-order valence-electron chi connectivity index (χ0n) is 15.4. The van der Waals surface area contributed by atoms with E-state index in [2.05, 4.69) is 41.5 Å². The first-order valence-corrected chi connectivity index (χ1v) is 10.1. The molecule has 0 unspecified atom stereocenters. The van der Waals surface area contributed by atoms with Crippen LogP contribution in [0, 0.1) is 0 Å². The summed E-state index contributed by atoms with van der Waals surface area (Å²) in [5, 5.41) is 22.5. The lowest BCUT2D eigenvalue weighted by atomic mass is 10.0. The molecule has 0 saturated heterocycles. The number of nitrogens with zero attached hydrogens (tertiary/aromatic N) is 1. The molecular formula is C22H24N2O2S. The number of aromatic hydroxyl groups is 1. The number of rotatable bonds is 8. The van der Waals surface area contributed by atoms with Gasteiger partial charge < -0.3 is 15.5 Å². The summed E-state index contributed by atoms with van der Waals surface area (Å²) in [5.74, 6) is 1.98. The Kier molecular flexibility index (Phi) is 6.74. The summed E-state index contributed by atoms with van der Waals surface area (Å²) < 4.78 is 0. The Bertz CT molecular complexity index is 882. The lowest BCUT2D eigenvalue weighted by Gasteiger charge is -2.12. The second-order valence-electron chi connectivity index (χ2n) is 6.10. The highest BCUT2D eigenvalue weighted by molar-refractivity contribution is 7.99. The van der Waals surface area contributed by atoms with Gasteiger partial charge in [-0.15, -0.1) is 11.8 Å². The number of aromatic nitrogens is 1. The van der Waals surface area contributed by atoms with Gasteiger partial charge in [0.15, 0.2) is 0 Å². The minimum Gasteiger partial charge on any atom is -0.507 e. The van der Waals surface area contributed by atoms with Gasteiger partial charge in [-0.05, 0) is 59.7 Å². The zero-order chi connectivity index (χ0) is 19.1. The van der Waals surface area contributed by atoms with E-state index in [4.69, 9.17) is 5.11 Å². The number of hydrogen-bond acceptors (Lipinski definition) is 5. The number of phenols is 1. The quantitative estimate of drug-likeness (QED) is 0.378. The molecule has 0 radical (unpaired) electrons. The van der Waals surface area contributed by atoms with E-state index < -0.39 is 0 Å². The Balaban J connectivity index is 2.00. The van der Waals surface area contributed by atoms with Crippen molar-refractivity contribution in [3.05, 3.63) is 60.7 Å². The number of aliphatic hydroxyl groups excluding tert-OH is 1. The van der Waals surface area contributed by atoms with Gasteiger partial charge in [0.2, 0.25) is 0 Å². The van der Waals surface area contributed by atoms with Gasteiger partial charge in [-0.2, -0.15) is 0 Å². The lowest BCUT2D eigenvalue weighted by Crippen LogP contribution is -2.05. The number of thioether (sulfide) groups is 1. The van der Waals surface area contributed by atoms with Crippen LogP contribution in [0.1, 0.15) is 13.3 Å². The fourth-order valence-electron chi connectivity index (χ4n) is 2.82. The molecule has 2 aromatic carbocycles. The van der Waals surface area contributed by atoms with Crippen LogP contribution >= 0.6 is 11.8 Å². The van der Waals surface area contributed by atoms with Crippen molar-refractivity contribution < 1.29 is 10.2 Å². The predicted octanol–water partition coefficient (Wildman–Crippen LogP) is 5.03. The van der Waals surface area contributed by atoms with E-state index in [0.717, 1.165) is 22.7 Å². The molecule has 5 heteroatoms. The fraction of sp³-hybridized carbons (Fsp3) is 0.227. The van der Waals surface area contributed by atoms with Gasteiger partial charge in [0.05, 0.1) is 5.69 Å². The highest BCUT2D eigenvalue weighted by Gasteiger charge is 2.10. The average Bonchev–Trinajstić information content (AvgIpc) is 2.69. The van der Waals surface area contributed by atoms with Crippen molar-refractivity contribution in [3.63, 3.8) is 0 Å². The topological polar surface area (TPSA) is 65.4 Å². The highest BCUT2D eigenvalue weighted by atomic mass is 32.2. The van der Waals surface area contributed by atoms with Crippen molar-refractivity contribution in [3.8, 4) is 28.1 Å². The normalized spacial score (nSPS) is 10.7. The van der Waals surface area contributed by atoms with Crippen LogP contribution in [-0.4, -0.2) is 34.1 Å². The second-order valence-corrected chi connectivity index (χ2v) is 7.44. The van der Waals surface area contributed by atoms with Gasteiger partial charge in [-0.3, -0.25) is 0 Å². The van der Waals surface area contributed by atoms with Crippen molar-refractivity contribution in [1.82, 2.24) is 4.98 Å². The number of anilines is 1. The van der Waals surface area contributed by atoms with E-state index >= 15 is 0 Å². The Labute approximate surface area is 164 Å². The van der Waals surface area contributed by atoms with Crippen molar-refractivity contribution >= 4 is 17.6 Å². The summed E-state index contributed by atoms with van der Waals surface area (Å²) in [4.78, 5) is 5.90. The number of aliphatic hydroxyl groups is 1. The van der Waals surface area contributed by atoms with Crippen molar-refractivity contribution in [1.29, 1.82) is 0 Å². The van der Waals surface area contributed by atoms with Crippen LogP contribution in [-0.2, 0) is 0 Å². The number of para-hydroxylation sites is 1. The SMILES string of the molecule is CCSc1ccc(-c2cc(NCCCO)nc(-c3ccccc3O)c2)cc1. The van der Waals surface area contributed by atoms with E-state index in [1.165, 1.54) is 4.90 Å². The molecule has 0 aliphatic heterocycles. The third-order valence-electron chi connectivity index (χ3n) is 4.15. The Hall–Kier alpha value is -2.50. The predicted molar refractivity (Wildman–Crippen MR) is 113 cm³/mol. The summed E-state index contributed by atoms with van der Waals surface area (Å²) >= 11 is 1.82. The highest BCUT2D eigenvalue weighted by Crippen LogP contribution is 2.33. The van der Waals surface area contributed by atoms with Crippen LogP contribution in [0.25, 0.3) is 22.4 Å². The Morgan fingerprint density at radius 2 is 1.78 bits per heavy atom. The lowest BCUT2D eigenvalue weighted by molar-refractivity contribution is 0.292. The third-order valence-corrected chi connectivity index (χ3v) is 5.04. The van der Waals surface area contributed by atoms with Crippen LogP contribution in [0.3, 0.4) is 0 Å². The molecular weight excluding hydrogens is 356 g/mol.